The molecule has 1 amide bonds. The maximum absolute atomic E-state index is 12.2. The fourth-order valence-electron chi connectivity index (χ4n) is 2.70. The summed E-state index contributed by atoms with van der Waals surface area (Å²) in [5.74, 6) is 0.550. The Balaban J connectivity index is 4.74. The van der Waals surface area contributed by atoms with Crippen molar-refractivity contribution >= 4 is 6.09 Å². The van der Waals surface area contributed by atoms with E-state index in [-0.39, 0.29) is 12.1 Å². The zero-order valence-corrected chi connectivity index (χ0v) is 16.8. The molecule has 0 aliphatic carbocycles. The summed E-state index contributed by atoms with van der Waals surface area (Å²) < 4.78 is 5.43. The molecule has 24 heavy (non-hydrogen) atoms. The number of carbonyl (C=O) groups excluding carboxylic acids is 1. The third-order valence-corrected chi connectivity index (χ3v) is 4.42. The molecule has 0 rings (SSSR count). The smallest absolute Gasteiger partial charge is 0.410 e. The lowest BCUT2D eigenvalue weighted by Crippen LogP contribution is -2.39. The van der Waals surface area contributed by atoms with E-state index >= 15 is 0 Å². The van der Waals surface area contributed by atoms with Crippen molar-refractivity contribution in [1.29, 1.82) is 0 Å². The molecule has 0 spiro atoms. The van der Waals surface area contributed by atoms with Gasteiger partial charge in [-0.1, -0.05) is 11.1 Å². The Morgan fingerprint density at radius 1 is 1.04 bits per heavy atom. The van der Waals surface area contributed by atoms with Gasteiger partial charge in [0.2, 0.25) is 0 Å². The third kappa shape index (κ3) is 9.28. The van der Waals surface area contributed by atoms with Crippen LogP contribution in [0.1, 0.15) is 67.2 Å². The Labute approximate surface area is 148 Å². The van der Waals surface area contributed by atoms with Crippen molar-refractivity contribution < 1.29 is 9.53 Å². The molecule has 0 aromatic carbocycles. The molecular formula is C19H39N3O2. The molecule has 0 aromatic heterocycles. The van der Waals surface area contributed by atoms with Gasteiger partial charge < -0.3 is 21.1 Å². The predicted molar refractivity (Wildman–Crippen MR) is 102 cm³/mol. The van der Waals surface area contributed by atoms with Crippen LogP contribution in [0.5, 0.6) is 0 Å². The van der Waals surface area contributed by atoms with Crippen molar-refractivity contribution in [1.82, 2.24) is 4.90 Å². The maximum Gasteiger partial charge on any atom is 0.410 e. The normalized spacial score (nSPS) is 14.4. The van der Waals surface area contributed by atoms with Crippen LogP contribution in [0.2, 0.25) is 0 Å². The number of hydrogen-bond donors (Lipinski definition) is 2. The second-order valence-electron chi connectivity index (χ2n) is 7.93. The highest BCUT2D eigenvalue weighted by Crippen LogP contribution is 2.23. The van der Waals surface area contributed by atoms with Crippen LogP contribution in [0, 0.1) is 5.92 Å². The number of nitrogens with two attached hydrogens (primary N) is 2. The number of carbonyl (C=O) groups is 1. The van der Waals surface area contributed by atoms with Gasteiger partial charge in [0, 0.05) is 13.1 Å². The quantitative estimate of drug-likeness (QED) is 0.627. The van der Waals surface area contributed by atoms with Crippen LogP contribution in [0.15, 0.2) is 11.1 Å². The van der Waals surface area contributed by atoms with E-state index in [0.717, 1.165) is 25.7 Å². The number of amides is 1. The van der Waals surface area contributed by atoms with Gasteiger partial charge in [0.15, 0.2) is 0 Å². The zero-order chi connectivity index (χ0) is 18.9. The molecule has 0 aliphatic rings. The molecule has 5 heteroatoms. The molecule has 4 N–H and O–H groups in total. The second kappa shape index (κ2) is 10.7. The number of ether oxygens (including phenoxy) is 1. The van der Waals surface area contributed by atoms with E-state index in [9.17, 15) is 4.79 Å². The van der Waals surface area contributed by atoms with Gasteiger partial charge in [-0.3, -0.25) is 0 Å². The average Bonchev–Trinajstić information content (AvgIpc) is 2.44. The molecule has 0 aromatic rings. The van der Waals surface area contributed by atoms with Crippen LogP contribution in [-0.2, 0) is 4.74 Å². The molecular weight excluding hydrogens is 302 g/mol. The van der Waals surface area contributed by atoms with E-state index < -0.39 is 5.60 Å². The molecule has 0 fully saturated rings. The fourth-order valence-corrected chi connectivity index (χ4v) is 2.70. The minimum atomic E-state index is -0.469. The average molecular weight is 342 g/mol. The van der Waals surface area contributed by atoms with Gasteiger partial charge in [-0.2, -0.15) is 0 Å². The predicted octanol–water partition coefficient (Wildman–Crippen LogP) is 3.67. The van der Waals surface area contributed by atoms with Crippen LogP contribution in [-0.4, -0.2) is 42.8 Å². The summed E-state index contributed by atoms with van der Waals surface area (Å²) in [4.78, 5) is 13.8. The molecule has 0 saturated carbocycles. The van der Waals surface area contributed by atoms with Crippen molar-refractivity contribution in [3.05, 3.63) is 11.1 Å². The van der Waals surface area contributed by atoms with E-state index in [4.69, 9.17) is 16.2 Å². The number of nitrogens with zero attached hydrogens (tertiary/aromatic N) is 1. The summed E-state index contributed by atoms with van der Waals surface area (Å²) in [7, 11) is 1.80. The summed E-state index contributed by atoms with van der Waals surface area (Å²) in [5, 5.41) is 0. The molecule has 1 atom stereocenters. The summed E-state index contributed by atoms with van der Waals surface area (Å²) in [6, 6.07) is 0.0947. The first-order valence-corrected chi connectivity index (χ1v) is 9.03. The zero-order valence-electron chi connectivity index (χ0n) is 16.8. The Bertz CT molecular complexity index is 407. The number of hydrogen-bond acceptors (Lipinski definition) is 4. The van der Waals surface area contributed by atoms with Crippen molar-refractivity contribution in [2.45, 2.75) is 78.9 Å². The number of allylic oxidation sites excluding steroid dienone is 1. The molecule has 0 radical (unpaired) electrons. The monoisotopic (exact) mass is 341 g/mol. The molecule has 0 heterocycles. The van der Waals surface area contributed by atoms with Gasteiger partial charge in [0.25, 0.3) is 0 Å². The Morgan fingerprint density at radius 3 is 1.92 bits per heavy atom. The fraction of sp³-hybridized carbons (Fsp3) is 0.842. The van der Waals surface area contributed by atoms with Crippen molar-refractivity contribution in [3.8, 4) is 0 Å². The third-order valence-electron chi connectivity index (χ3n) is 4.42. The van der Waals surface area contributed by atoms with E-state index in [1.165, 1.54) is 11.1 Å². The highest BCUT2D eigenvalue weighted by molar-refractivity contribution is 5.68. The van der Waals surface area contributed by atoms with Gasteiger partial charge >= 0.3 is 6.09 Å². The maximum atomic E-state index is 12.2. The van der Waals surface area contributed by atoms with Crippen LogP contribution < -0.4 is 11.5 Å². The van der Waals surface area contributed by atoms with Gasteiger partial charge in [-0.05, 0) is 86.2 Å². The number of rotatable bonds is 9. The molecule has 0 bridgehead atoms. The first-order valence-electron chi connectivity index (χ1n) is 9.03. The Kier molecular flexibility index (Phi) is 10.2. The highest BCUT2D eigenvalue weighted by atomic mass is 16.6. The summed E-state index contributed by atoms with van der Waals surface area (Å²) >= 11 is 0. The molecule has 0 saturated heterocycles. The van der Waals surface area contributed by atoms with Gasteiger partial charge in [-0.15, -0.1) is 0 Å². The topological polar surface area (TPSA) is 81.6 Å². The van der Waals surface area contributed by atoms with Crippen molar-refractivity contribution in [3.63, 3.8) is 0 Å². The van der Waals surface area contributed by atoms with Gasteiger partial charge in [0.1, 0.15) is 5.60 Å². The molecule has 0 aliphatic heterocycles. The Hall–Kier alpha value is -1.07. The van der Waals surface area contributed by atoms with Gasteiger partial charge in [-0.25, -0.2) is 4.79 Å². The first kappa shape index (κ1) is 22.9. The van der Waals surface area contributed by atoms with Crippen LogP contribution >= 0.6 is 0 Å². The standard InChI is InChI=1S/C19H39N3O2/c1-14(15(2)13-17(8-10-20)9-11-21)12-16(3)22(7)18(23)24-19(4,5)6/h16-17H,8-13,20-21H2,1-7H3. The molecule has 5 nitrogen and oxygen atoms in total. The van der Waals surface area contributed by atoms with Crippen LogP contribution in [0.3, 0.4) is 0 Å². The van der Waals surface area contributed by atoms with Crippen molar-refractivity contribution in [2.24, 2.45) is 17.4 Å². The lowest BCUT2D eigenvalue weighted by Gasteiger charge is -2.29. The Morgan fingerprint density at radius 2 is 1.50 bits per heavy atom. The molecule has 142 valence electrons. The lowest BCUT2D eigenvalue weighted by molar-refractivity contribution is 0.0236. The largest absolute Gasteiger partial charge is 0.444 e. The molecule has 1 unspecified atom stereocenters. The lowest BCUT2D eigenvalue weighted by atomic mass is 9.90. The van der Waals surface area contributed by atoms with E-state index in [0.29, 0.717) is 19.0 Å². The van der Waals surface area contributed by atoms with E-state index in [1.807, 2.05) is 20.8 Å². The van der Waals surface area contributed by atoms with Crippen molar-refractivity contribution in [2.75, 3.05) is 20.1 Å². The van der Waals surface area contributed by atoms with Crippen LogP contribution in [0.25, 0.3) is 0 Å². The summed E-state index contributed by atoms with van der Waals surface area (Å²) in [6.45, 7) is 13.4. The first-order chi connectivity index (χ1) is 11.0. The van der Waals surface area contributed by atoms with Crippen LogP contribution in [0.4, 0.5) is 4.79 Å². The minimum absolute atomic E-state index is 0.0947. The van der Waals surface area contributed by atoms with E-state index in [2.05, 4.69) is 20.8 Å². The highest BCUT2D eigenvalue weighted by Gasteiger charge is 2.23. The summed E-state index contributed by atoms with van der Waals surface area (Å²) in [5.41, 5.74) is 13.6. The van der Waals surface area contributed by atoms with Gasteiger partial charge in [0.05, 0.1) is 0 Å². The summed E-state index contributed by atoms with van der Waals surface area (Å²) in [6.07, 6.45) is 3.62. The second-order valence-corrected chi connectivity index (χ2v) is 7.93. The SMILES string of the molecule is CC(CC(CCN)CCN)=C(C)CC(C)N(C)C(=O)OC(C)(C)C. The minimum Gasteiger partial charge on any atom is -0.444 e. The van der Waals surface area contributed by atoms with E-state index in [1.54, 1.807) is 11.9 Å².